The van der Waals surface area contributed by atoms with Crippen LogP contribution in [0.5, 0.6) is 0 Å². The van der Waals surface area contributed by atoms with Crippen LogP contribution in [0.15, 0.2) is 82.9 Å². The second kappa shape index (κ2) is 9.18. The van der Waals surface area contributed by atoms with Crippen LogP contribution < -0.4 is 5.32 Å². The first kappa shape index (κ1) is 21.5. The van der Waals surface area contributed by atoms with Gasteiger partial charge in [-0.1, -0.05) is 51.8 Å². The van der Waals surface area contributed by atoms with Crippen molar-refractivity contribution in [3.8, 4) is 0 Å². The number of anilines is 2. The lowest BCUT2D eigenvalue weighted by molar-refractivity contribution is 0.604. The summed E-state index contributed by atoms with van der Waals surface area (Å²) in [5, 5.41) is 5.99. The molecule has 0 spiro atoms. The molecule has 0 fully saturated rings. The van der Waals surface area contributed by atoms with Crippen molar-refractivity contribution in [2.45, 2.75) is 5.75 Å². The molecule has 156 valence electrons. The number of halogens is 2. The van der Waals surface area contributed by atoms with Crippen LogP contribution in [0.25, 0.3) is 17.0 Å². The Kier molecular flexibility index (Phi) is 6.36. The SMILES string of the molecule is O=S(=O)(/C=C/c1ccc(Cl)cc1)Cc1ccc(Nc2ncnc3ccc(Br)cc23)cc1. The molecule has 0 saturated carbocycles. The summed E-state index contributed by atoms with van der Waals surface area (Å²) in [6.07, 6.45) is 3.08. The van der Waals surface area contributed by atoms with Crippen molar-refractivity contribution in [2.24, 2.45) is 0 Å². The summed E-state index contributed by atoms with van der Waals surface area (Å²) in [6.45, 7) is 0. The molecule has 1 heterocycles. The Bertz CT molecular complexity index is 1360. The number of nitrogens with zero attached hydrogens (tertiary/aromatic N) is 2. The van der Waals surface area contributed by atoms with E-state index < -0.39 is 9.84 Å². The minimum atomic E-state index is -3.41. The van der Waals surface area contributed by atoms with Crippen LogP contribution in [0.3, 0.4) is 0 Å². The van der Waals surface area contributed by atoms with Crippen molar-refractivity contribution in [3.63, 3.8) is 0 Å². The number of fused-ring (bicyclic) bond motifs is 1. The summed E-state index contributed by atoms with van der Waals surface area (Å²) in [4.78, 5) is 8.60. The summed E-state index contributed by atoms with van der Waals surface area (Å²) >= 11 is 9.32. The van der Waals surface area contributed by atoms with Gasteiger partial charge in [-0.25, -0.2) is 18.4 Å². The second-order valence-corrected chi connectivity index (χ2v) is 10.1. The Morgan fingerprint density at radius 2 is 1.71 bits per heavy atom. The topological polar surface area (TPSA) is 72.0 Å². The maximum Gasteiger partial charge on any atom is 0.175 e. The lowest BCUT2D eigenvalue weighted by atomic mass is 10.2. The van der Waals surface area contributed by atoms with Crippen LogP contribution in [0.1, 0.15) is 11.1 Å². The summed E-state index contributed by atoms with van der Waals surface area (Å²) in [5.74, 6) is 0.596. The summed E-state index contributed by atoms with van der Waals surface area (Å²) < 4.78 is 25.8. The van der Waals surface area contributed by atoms with Crippen molar-refractivity contribution in [1.82, 2.24) is 9.97 Å². The van der Waals surface area contributed by atoms with E-state index in [0.29, 0.717) is 16.4 Å². The predicted molar refractivity (Wildman–Crippen MR) is 130 cm³/mol. The minimum absolute atomic E-state index is 0.0826. The highest BCUT2D eigenvalue weighted by Crippen LogP contribution is 2.26. The molecule has 4 aromatic rings. The van der Waals surface area contributed by atoms with Crippen molar-refractivity contribution in [3.05, 3.63) is 99.1 Å². The zero-order valence-corrected chi connectivity index (χ0v) is 19.3. The third-order valence-corrected chi connectivity index (χ3v) is 6.55. The first-order valence-electron chi connectivity index (χ1n) is 9.31. The highest BCUT2D eigenvalue weighted by Gasteiger charge is 2.09. The highest BCUT2D eigenvalue weighted by atomic mass is 79.9. The van der Waals surface area contributed by atoms with Crippen LogP contribution in [-0.4, -0.2) is 18.4 Å². The summed E-state index contributed by atoms with van der Waals surface area (Å²) in [6, 6.07) is 20.0. The van der Waals surface area contributed by atoms with Crippen LogP contribution in [0, 0.1) is 0 Å². The van der Waals surface area contributed by atoms with Gasteiger partial charge < -0.3 is 5.32 Å². The van der Waals surface area contributed by atoms with E-state index in [2.05, 4.69) is 31.2 Å². The first-order chi connectivity index (χ1) is 14.9. The lowest BCUT2D eigenvalue weighted by Gasteiger charge is -2.09. The van der Waals surface area contributed by atoms with Gasteiger partial charge in [-0.3, -0.25) is 0 Å². The van der Waals surface area contributed by atoms with Gasteiger partial charge in [0.2, 0.25) is 0 Å². The molecule has 0 aliphatic carbocycles. The number of sulfone groups is 1. The molecule has 3 aromatic carbocycles. The fraction of sp³-hybridized carbons (Fsp3) is 0.0435. The smallest absolute Gasteiger partial charge is 0.175 e. The fourth-order valence-electron chi connectivity index (χ4n) is 2.99. The third kappa shape index (κ3) is 5.70. The van der Waals surface area contributed by atoms with E-state index >= 15 is 0 Å². The molecule has 8 heteroatoms. The average molecular weight is 515 g/mol. The Balaban J connectivity index is 1.47. The number of nitrogens with one attached hydrogen (secondary N) is 1. The molecule has 0 amide bonds. The Morgan fingerprint density at radius 1 is 0.968 bits per heavy atom. The van der Waals surface area contributed by atoms with Gasteiger partial charge in [-0.15, -0.1) is 0 Å². The number of hydrogen-bond acceptors (Lipinski definition) is 5. The molecule has 1 aromatic heterocycles. The van der Waals surface area contributed by atoms with Gasteiger partial charge in [-0.2, -0.15) is 0 Å². The quantitative estimate of drug-likeness (QED) is 0.323. The molecule has 0 aliphatic rings. The van der Waals surface area contributed by atoms with E-state index in [-0.39, 0.29) is 5.75 Å². The second-order valence-electron chi connectivity index (χ2n) is 6.87. The van der Waals surface area contributed by atoms with Gasteiger partial charge >= 0.3 is 0 Å². The molecule has 0 aliphatic heterocycles. The standard InChI is InChI=1S/C23H17BrClN3O2S/c24-18-5-10-22-21(13-18)23(27-15-26-22)28-20-8-3-17(4-9-20)14-31(29,30)12-11-16-1-6-19(25)7-2-16/h1-13,15H,14H2,(H,26,27,28)/b12-11+. The molecule has 0 atom stereocenters. The van der Waals surface area contributed by atoms with E-state index in [4.69, 9.17) is 11.6 Å². The van der Waals surface area contributed by atoms with Crippen LogP contribution >= 0.6 is 27.5 Å². The normalized spacial score (nSPS) is 11.8. The average Bonchev–Trinajstić information content (AvgIpc) is 2.75. The Morgan fingerprint density at radius 3 is 2.45 bits per heavy atom. The molecular weight excluding hydrogens is 498 g/mol. The Hall–Kier alpha value is -2.74. The van der Waals surface area contributed by atoms with Crippen LogP contribution in [-0.2, 0) is 15.6 Å². The van der Waals surface area contributed by atoms with Crippen molar-refractivity contribution in [1.29, 1.82) is 0 Å². The third-order valence-electron chi connectivity index (χ3n) is 4.52. The van der Waals surface area contributed by atoms with Gasteiger partial charge in [0.1, 0.15) is 12.1 Å². The zero-order valence-electron chi connectivity index (χ0n) is 16.2. The molecule has 0 radical (unpaired) electrons. The van der Waals surface area contributed by atoms with Crippen LogP contribution in [0.4, 0.5) is 11.5 Å². The minimum Gasteiger partial charge on any atom is -0.340 e. The van der Waals surface area contributed by atoms with Crippen molar-refractivity contribution in [2.75, 3.05) is 5.32 Å². The number of rotatable bonds is 6. The van der Waals surface area contributed by atoms with Crippen molar-refractivity contribution >= 4 is 65.9 Å². The van der Waals surface area contributed by atoms with Gasteiger partial charge in [0.05, 0.1) is 11.3 Å². The van der Waals surface area contributed by atoms with E-state index in [1.54, 1.807) is 42.5 Å². The van der Waals surface area contributed by atoms with E-state index in [1.165, 1.54) is 11.7 Å². The van der Waals surface area contributed by atoms with E-state index in [0.717, 1.165) is 26.6 Å². The van der Waals surface area contributed by atoms with Gasteiger partial charge in [0.15, 0.2) is 9.84 Å². The molecule has 4 rings (SSSR count). The number of hydrogen-bond donors (Lipinski definition) is 1. The highest BCUT2D eigenvalue weighted by molar-refractivity contribution is 9.10. The monoisotopic (exact) mass is 513 g/mol. The predicted octanol–water partition coefficient (Wildman–Crippen LogP) is 6.38. The molecule has 0 saturated heterocycles. The summed E-state index contributed by atoms with van der Waals surface area (Å²) in [5.41, 5.74) is 3.10. The molecule has 0 unspecified atom stereocenters. The molecular formula is C23H17BrClN3O2S. The molecule has 1 N–H and O–H groups in total. The zero-order chi connectivity index (χ0) is 21.8. The van der Waals surface area contributed by atoms with Crippen LogP contribution in [0.2, 0.25) is 5.02 Å². The lowest BCUT2D eigenvalue weighted by Crippen LogP contribution is -2.00. The number of aromatic nitrogens is 2. The summed E-state index contributed by atoms with van der Waals surface area (Å²) in [7, 11) is -3.41. The largest absolute Gasteiger partial charge is 0.340 e. The first-order valence-corrected chi connectivity index (χ1v) is 12.2. The maximum absolute atomic E-state index is 12.4. The molecule has 31 heavy (non-hydrogen) atoms. The van der Waals surface area contributed by atoms with Gasteiger partial charge in [-0.05, 0) is 59.7 Å². The Labute approximate surface area is 193 Å². The maximum atomic E-state index is 12.4. The van der Waals surface area contributed by atoms with Gasteiger partial charge in [0, 0.05) is 26.0 Å². The van der Waals surface area contributed by atoms with Crippen molar-refractivity contribution < 1.29 is 8.42 Å². The molecule has 0 bridgehead atoms. The van der Waals surface area contributed by atoms with Gasteiger partial charge in [0.25, 0.3) is 0 Å². The number of benzene rings is 3. The fourth-order valence-corrected chi connectivity index (χ4v) is 4.59. The van der Waals surface area contributed by atoms with E-state index in [1.807, 2.05) is 30.3 Å². The molecule has 5 nitrogen and oxygen atoms in total. The van der Waals surface area contributed by atoms with E-state index in [9.17, 15) is 8.42 Å².